The largest absolute Gasteiger partial charge is 0.481 e. The molecular weight excluding hydrogens is 304 g/mol. The van der Waals surface area contributed by atoms with Gasteiger partial charge >= 0.3 is 5.97 Å². The van der Waals surface area contributed by atoms with Crippen LogP contribution >= 0.6 is 0 Å². The van der Waals surface area contributed by atoms with Crippen molar-refractivity contribution in [1.82, 2.24) is 4.98 Å². The van der Waals surface area contributed by atoms with E-state index in [1.54, 1.807) is 12.3 Å². The van der Waals surface area contributed by atoms with Crippen LogP contribution < -0.4 is 9.80 Å². The number of hydrogen-bond acceptors (Lipinski definition) is 5. The zero-order valence-corrected chi connectivity index (χ0v) is 13.2. The third-order valence-corrected chi connectivity index (χ3v) is 4.14. The molecule has 1 saturated heterocycles. The summed E-state index contributed by atoms with van der Waals surface area (Å²) in [6.07, 6.45) is 1.65. The molecule has 0 amide bonds. The Balaban J connectivity index is 1.60. The van der Waals surface area contributed by atoms with Crippen molar-refractivity contribution in [3.8, 4) is 6.07 Å². The van der Waals surface area contributed by atoms with E-state index in [9.17, 15) is 4.79 Å². The van der Waals surface area contributed by atoms with Gasteiger partial charge in [0.05, 0.1) is 12.0 Å². The standard InChI is InChI=1S/C18H18N4O2/c19-12-15-3-6-17(20-13-15)22-9-7-21(8-10-22)16-4-1-14(2-5-16)11-18(23)24/h1-6,13H,7-11H2,(H,23,24). The van der Waals surface area contributed by atoms with Crippen LogP contribution in [0.1, 0.15) is 11.1 Å². The third-order valence-electron chi connectivity index (χ3n) is 4.14. The predicted octanol–water partition coefficient (Wildman–Crippen LogP) is 1.91. The van der Waals surface area contributed by atoms with Gasteiger partial charge in [-0.25, -0.2) is 4.98 Å². The van der Waals surface area contributed by atoms with Crippen LogP contribution in [0.2, 0.25) is 0 Å². The average molecular weight is 322 g/mol. The van der Waals surface area contributed by atoms with Crippen molar-refractivity contribution in [3.05, 3.63) is 53.7 Å². The summed E-state index contributed by atoms with van der Waals surface area (Å²) in [4.78, 5) is 19.6. The second-order valence-corrected chi connectivity index (χ2v) is 5.73. The van der Waals surface area contributed by atoms with E-state index in [0.717, 1.165) is 43.2 Å². The van der Waals surface area contributed by atoms with Gasteiger partial charge in [0.15, 0.2) is 0 Å². The van der Waals surface area contributed by atoms with Gasteiger partial charge in [0.1, 0.15) is 11.9 Å². The number of carboxylic acids is 1. The molecule has 1 aliphatic rings. The van der Waals surface area contributed by atoms with Crippen LogP contribution in [0.15, 0.2) is 42.6 Å². The van der Waals surface area contributed by atoms with Crippen molar-refractivity contribution in [3.63, 3.8) is 0 Å². The van der Waals surface area contributed by atoms with Crippen molar-refractivity contribution >= 4 is 17.5 Å². The second-order valence-electron chi connectivity index (χ2n) is 5.73. The monoisotopic (exact) mass is 322 g/mol. The number of nitrogens with zero attached hydrogens (tertiary/aromatic N) is 4. The first-order valence-corrected chi connectivity index (χ1v) is 7.82. The summed E-state index contributed by atoms with van der Waals surface area (Å²) < 4.78 is 0. The number of pyridine rings is 1. The van der Waals surface area contributed by atoms with Gasteiger partial charge in [-0.05, 0) is 29.8 Å². The van der Waals surface area contributed by atoms with Crippen LogP contribution in [0.25, 0.3) is 0 Å². The number of hydrogen-bond donors (Lipinski definition) is 1. The summed E-state index contributed by atoms with van der Waals surface area (Å²) in [5, 5.41) is 17.6. The highest BCUT2D eigenvalue weighted by atomic mass is 16.4. The number of aliphatic carboxylic acids is 1. The summed E-state index contributed by atoms with van der Waals surface area (Å²) in [6, 6.07) is 13.5. The lowest BCUT2D eigenvalue weighted by molar-refractivity contribution is -0.136. The Hall–Kier alpha value is -3.07. The molecular formula is C18H18N4O2. The molecule has 1 N–H and O–H groups in total. The summed E-state index contributed by atoms with van der Waals surface area (Å²) in [7, 11) is 0. The number of aromatic nitrogens is 1. The SMILES string of the molecule is N#Cc1ccc(N2CCN(c3ccc(CC(=O)O)cc3)CC2)nc1. The summed E-state index contributed by atoms with van der Waals surface area (Å²) in [5.41, 5.74) is 2.49. The lowest BCUT2D eigenvalue weighted by atomic mass is 10.1. The summed E-state index contributed by atoms with van der Waals surface area (Å²) >= 11 is 0. The van der Waals surface area contributed by atoms with Gasteiger partial charge in [-0.15, -0.1) is 0 Å². The molecule has 0 saturated carbocycles. The molecule has 0 atom stereocenters. The van der Waals surface area contributed by atoms with Crippen LogP contribution in [0.5, 0.6) is 0 Å². The maximum absolute atomic E-state index is 10.7. The lowest BCUT2D eigenvalue weighted by Gasteiger charge is -2.36. The fraction of sp³-hybridized carbons (Fsp3) is 0.278. The van der Waals surface area contributed by atoms with E-state index in [4.69, 9.17) is 10.4 Å². The minimum absolute atomic E-state index is 0.0540. The molecule has 122 valence electrons. The normalized spacial score (nSPS) is 14.3. The molecule has 1 aliphatic heterocycles. The van der Waals surface area contributed by atoms with E-state index < -0.39 is 5.97 Å². The van der Waals surface area contributed by atoms with E-state index >= 15 is 0 Å². The summed E-state index contributed by atoms with van der Waals surface area (Å²) in [5.74, 6) is 0.0803. The van der Waals surface area contributed by atoms with Gasteiger partial charge in [-0.3, -0.25) is 4.79 Å². The highest BCUT2D eigenvalue weighted by molar-refractivity contribution is 5.70. The maximum atomic E-state index is 10.7. The molecule has 0 aliphatic carbocycles. The minimum atomic E-state index is -0.814. The smallest absolute Gasteiger partial charge is 0.307 e. The Labute approximate surface area is 140 Å². The van der Waals surface area contributed by atoms with E-state index in [-0.39, 0.29) is 6.42 Å². The summed E-state index contributed by atoms with van der Waals surface area (Å²) in [6.45, 7) is 3.46. The average Bonchev–Trinajstić information content (AvgIpc) is 2.62. The molecule has 1 fully saturated rings. The molecule has 0 bridgehead atoms. The first kappa shape index (κ1) is 15.8. The van der Waals surface area contributed by atoms with Crippen LogP contribution in [0.4, 0.5) is 11.5 Å². The first-order valence-electron chi connectivity index (χ1n) is 7.82. The fourth-order valence-electron chi connectivity index (χ4n) is 2.83. The molecule has 1 aromatic heterocycles. The van der Waals surface area contributed by atoms with E-state index in [2.05, 4.69) is 20.9 Å². The van der Waals surface area contributed by atoms with Crippen LogP contribution in [0.3, 0.4) is 0 Å². The molecule has 6 heteroatoms. The van der Waals surface area contributed by atoms with Gasteiger partial charge < -0.3 is 14.9 Å². The molecule has 6 nitrogen and oxygen atoms in total. The quantitative estimate of drug-likeness (QED) is 0.926. The molecule has 1 aromatic carbocycles. The van der Waals surface area contributed by atoms with Gasteiger partial charge in [-0.2, -0.15) is 5.26 Å². The van der Waals surface area contributed by atoms with Crippen molar-refractivity contribution < 1.29 is 9.90 Å². The fourth-order valence-corrected chi connectivity index (χ4v) is 2.83. The molecule has 24 heavy (non-hydrogen) atoms. The predicted molar refractivity (Wildman–Crippen MR) is 91.2 cm³/mol. The zero-order chi connectivity index (χ0) is 16.9. The Morgan fingerprint density at radius 1 is 1.08 bits per heavy atom. The topological polar surface area (TPSA) is 80.5 Å². The van der Waals surface area contributed by atoms with Gasteiger partial charge in [0, 0.05) is 38.1 Å². The highest BCUT2D eigenvalue weighted by Gasteiger charge is 2.18. The Kier molecular flexibility index (Phi) is 4.62. The first-order chi connectivity index (χ1) is 11.7. The second kappa shape index (κ2) is 7.01. The Bertz CT molecular complexity index is 742. The Morgan fingerprint density at radius 3 is 2.29 bits per heavy atom. The lowest BCUT2D eigenvalue weighted by Crippen LogP contribution is -2.46. The highest BCUT2D eigenvalue weighted by Crippen LogP contribution is 2.20. The minimum Gasteiger partial charge on any atom is -0.481 e. The molecule has 0 unspecified atom stereocenters. The number of nitriles is 1. The van der Waals surface area contributed by atoms with Crippen molar-refractivity contribution in [2.45, 2.75) is 6.42 Å². The molecule has 0 radical (unpaired) electrons. The van der Waals surface area contributed by atoms with Gasteiger partial charge in [0.25, 0.3) is 0 Å². The molecule has 0 spiro atoms. The Morgan fingerprint density at radius 2 is 1.75 bits per heavy atom. The van der Waals surface area contributed by atoms with E-state index in [1.807, 2.05) is 30.3 Å². The van der Waals surface area contributed by atoms with Crippen molar-refractivity contribution in [1.29, 1.82) is 5.26 Å². The molecule has 2 aromatic rings. The van der Waals surface area contributed by atoms with Gasteiger partial charge in [0.2, 0.25) is 0 Å². The van der Waals surface area contributed by atoms with Gasteiger partial charge in [-0.1, -0.05) is 12.1 Å². The van der Waals surface area contributed by atoms with Crippen molar-refractivity contribution in [2.75, 3.05) is 36.0 Å². The number of piperazine rings is 1. The van der Waals surface area contributed by atoms with E-state index in [1.165, 1.54) is 0 Å². The number of anilines is 2. The van der Waals surface area contributed by atoms with Crippen LogP contribution in [-0.2, 0) is 11.2 Å². The maximum Gasteiger partial charge on any atom is 0.307 e. The third kappa shape index (κ3) is 3.63. The zero-order valence-electron chi connectivity index (χ0n) is 13.2. The van der Waals surface area contributed by atoms with Crippen LogP contribution in [0, 0.1) is 11.3 Å². The number of carbonyl (C=O) groups is 1. The number of rotatable bonds is 4. The van der Waals surface area contributed by atoms with Crippen molar-refractivity contribution in [2.24, 2.45) is 0 Å². The van der Waals surface area contributed by atoms with E-state index in [0.29, 0.717) is 5.56 Å². The number of benzene rings is 1. The molecule has 3 rings (SSSR count). The molecule has 2 heterocycles. The van der Waals surface area contributed by atoms with Crippen LogP contribution in [-0.4, -0.2) is 42.2 Å². The number of carboxylic acid groups (broad SMARTS) is 1.